The summed E-state index contributed by atoms with van der Waals surface area (Å²) in [5, 5.41) is 0. The lowest BCUT2D eigenvalue weighted by atomic mass is 9.90. The number of hydrogen-bond acceptors (Lipinski definition) is 4. The van der Waals surface area contributed by atoms with Crippen LogP contribution in [-0.2, 0) is 4.74 Å². The second-order valence-corrected chi connectivity index (χ2v) is 9.96. The van der Waals surface area contributed by atoms with Gasteiger partial charge in [0.2, 0.25) is 6.29 Å². The summed E-state index contributed by atoms with van der Waals surface area (Å²) in [7, 11) is 0. The van der Waals surface area contributed by atoms with Gasteiger partial charge in [-0.25, -0.2) is 0 Å². The van der Waals surface area contributed by atoms with Gasteiger partial charge in [-0.3, -0.25) is 14.5 Å². The van der Waals surface area contributed by atoms with E-state index >= 15 is 0 Å². The van der Waals surface area contributed by atoms with Crippen LogP contribution in [0.25, 0.3) is 0 Å². The van der Waals surface area contributed by atoms with E-state index in [0.717, 1.165) is 18.3 Å². The Morgan fingerprint density at radius 2 is 1.67 bits per heavy atom. The normalized spacial score (nSPS) is 25.4. The predicted molar refractivity (Wildman–Crippen MR) is 126 cm³/mol. The second-order valence-electron chi connectivity index (χ2n) is 9.96. The van der Waals surface area contributed by atoms with Crippen LogP contribution in [0.5, 0.6) is 5.75 Å². The smallest absolute Gasteiger partial charge is 0.261 e. The Morgan fingerprint density at radius 1 is 0.970 bits per heavy atom. The molecule has 1 heterocycles. The number of rotatable bonds is 9. The number of carbonyl (C=O) groups excluding carboxylic acids is 2. The van der Waals surface area contributed by atoms with Crippen LogP contribution < -0.4 is 4.74 Å². The van der Waals surface area contributed by atoms with Crippen LogP contribution >= 0.6 is 0 Å². The van der Waals surface area contributed by atoms with Crippen molar-refractivity contribution in [1.82, 2.24) is 4.90 Å². The zero-order valence-corrected chi connectivity index (χ0v) is 19.5. The number of carbonyl (C=O) groups is 2. The first-order valence-electron chi connectivity index (χ1n) is 12.4. The van der Waals surface area contributed by atoms with E-state index in [-0.39, 0.29) is 18.4 Å². The minimum Gasteiger partial charge on any atom is -0.463 e. The molecular weight excluding hydrogens is 414 g/mol. The van der Waals surface area contributed by atoms with Gasteiger partial charge >= 0.3 is 0 Å². The average molecular weight is 448 g/mol. The van der Waals surface area contributed by atoms with Crippen LogP contribution in [0.1, 0.15) is 78.1 Å². The summed E-state index contributed by atoms with van der Waals surface area (Å²) >= 11 is 0. The van der Waals surface area contributed by atoms with E-state index < -0.39 is 6.29 Å². The molecule has 5 unspecified atom stereocenters. The molecular formula is C28H33NO4. The molecule has 5 nitrogen and oxygen atoms in total. The highest BCUT2D eigenvalue weighted by Crippen LogP contribution is 2.48. The molecule has 33 heavy (non-hydrogen) atoms. The molecule has 0 aromatic heterocycles. The van der Waals surface area contributed by atoms with Gasteiger partial charge in [-0.15, -0.1) is 0 Å². The van der Waals surface area contributed by atoms with E-state index in [0.29, 0.717) is 35.3 Å². The second kappa shape index (κ2) is 9.30. The maximum absolute atomic E-state index is 12.9. The van der Waals surface area contributed by atoms with Crippen molar-refractivity contribution in [2.24, 2.45) is 17.8 Å². The molecule has 0 saturated heterocycles. The third-order valence-corrected chi connectivity index (χ3v) is 7.92. The molecule has 2 aromatic rings. The molecule has 2 fully saturated rings. The Hall–Kier alpha value is -2.66. The molecule has 2 bridgehead atoms. The Labute approximate surface area is 196 Å². The average Bonchev–Trinajstić information content (AvgIpc) is 3.53. The van der Waals surface area contributed by atoms with E-state index in [1.807, 2.05) is 12.1 Å². The van der Waals surface area contributed by atoms with Crippen molar-refractivity contribution in [2.45, 2.75) is 58.2 Å². The SMILES string of the molecule is CCC(C)c1ccc(OC(CN2C(=O)c3ccccc3C2=O)OCC2CC3CCC2C3)cc1. The van der Waals surface area contributed by atoms with E-state index in [4.69, 9.17) is 9.47 Å². The summed E-state index contributed by atoms with van der Waals surface area (Å²) in [5.74, 6) is 2.75. The topological polar surface area (TPSA) is 55.8 Å². The lowest BCUT2D eigenvalue weighted by Crippen LogP contribution is -2.41. The first kappa shape index (κ1) is 22.1. The predicted octanol–water partition coefficient (Wildman–Crippen LogP) is 5.65. The summed E-state index contributed by atoms with van der Waals surface area (Å²) in [6, 6.07) is 15.1. The number of nitrogens with zero attached hydrogens (tertiary/aromatic N) is 1. The Bertz CT molecular complexity index is 982. The molecule has 1 aliphatic heterocycles. The van der Waals surface area contributed by atoms with Crippen LogP contribution in [0, 0.1) is 17.8 Å². The van der Waals surface area contributed by atoms with E-state index in [9.17, 15) is 9.59 Å². The molecule has 2 amide bonds. The third kappa shape index (κ3) is 4.43. The van der Waals surface area contributed by atoms with E-state index in [1.165, 1.54) is 36.1 Å². The molecule has 3 aliphatic rings. The molecule has 5 atom stereocenters. The highest BCUT2D eigenvalue weighted by atomic mass is 16.7. The Kier molecular flexibility index (Phi) is 6.24. The number of imide groups is 1. The maximum atomic E-state index is 12.9. The number of fused-ring (bicyclic) bond motifs is 3. The van der Waals surface area contributed by atoms with E-state index in [1.54, 1.807) is 24.3 Å². The fourth-order valence-electron chi connectivity index (χ4n) is 5.75. The molecule has 0 radical (unpaired) electrons. The van der Waals surface area contributed by atoms with Gasteiger partial charge in [-0.05, 0) is 79.2 Å². The quantitative estimate of drug-likeness (QED) is 0.368. The van der Waals surface area contributed by atoms with Gasteiger partial charge in [0.1, 0.15) is 5.75 Å². The molecule has 2 saturated carbocycles. The number of hydrogen-bond donors (Lipinski definition) is 0. The van der Waals surface area contributed by atoms with Crippen LogP contribution in [0.2, 0.25) is 0 Å². The molecule has 2 aromatic carbocycles. The van der Waals surface area contributed by atoms with Gasteiger partial charge < -0.3 is 9.47 Å². The van der Waals surface area contributed by atoms with Gasteiger partial charge in [-0.1, -0.05) is 44.5 Å². The largest absolute Gasteiger partial charge is 0.463 e. The minimum atomic E-state index is -0.694. The molecule has 174 valence electrons. The number of amides is 2. The summed E-state index contributed by atoms with van der Waals surface area (Å²) in [6.07, 6.45) is 5.55. The van der Waals surface area contributed by atoms with Crippen LogP contribution in [0.15, 0.2) is 48.5 Å². The van der Waals surface area contributed by atoms with Crippen LogP contribution in [0.4, 0.5) is 0 Å². The highest BCUT2D eigenvalue weighted by Gasteiger charge is 2.41. The lowest BCUT2D eigenvalue weighted by molar-refractivity contribution is -0.103. The lowest BCUT2D eigenvalue weighted by Gasteiger charge is -2.27. The Morgan fingerprint density at radius 3 is 2.24 bits per heavy atom. The Balaban J connectivity index is 1.30. The zero-order valence-electron chi connectivity index (χ0n) is 19.5. The fraction of sp³-hybridized carbons (Fsp3) is 0.500. The van der Waals surface area contributed by atoms with Gasteiger partial charge in [0.15, 0.2) is 0 Å². The van der Waals surface area contributed by atoms with Crippen molar-refractivity contribution in [3.63, 3.8) is 0 Å². The van der Waals surface area contributed by atoms with Crippen LogP contribution in [-0.4, -0.2) is 36.2 Å². The molecule has 0 spiro atoms. The third-order valence-electron chi connectivity index (χ3n) is 7.92. The maximum Gasteiger partial charge on any atom is 0.261 e. The summed E-state index contributed by atoms with van der Waals surface area (Å²) in [5.41, 5.74) is 2.17. The van der Waals surface area contributed by atoms with Crippen molar-refractivity contribution in [3.8, 4) is 5.75 Å². The number of ether oxygens (including phenoxy) is 2. The van der Waals surface area contributed by atoms with Crippen LogP contribution in [0.3, 0.4) is 0 Å². The van der Waals surface area contributed by atoms with E-state index in [2.05, 4.69) is 26.0 Å². The van der Waals surface area contributed by atoms with Gasteiger partial charge in [0.25, 0.3) is 11.8 Å². The molecule has 5 rings (SSSR count). The van der Waals surface area contributed by atoms with Crippen molar-refractivity contribution in [3.05, 3.63) is 65.2 Å². The standard InChI is InChI=1S/C28H33NO4/c1-3-18(2)20-10-12-23(13-11-20)33-26(32-17-22-15-19-8-9-21(22)14-19)16-29-27(30)24-6-4-5-7-25(24)28(29)31/h4-7,10-13,18-19,21-22,26H,3,8-9,14-17H2,1-2H3. The summed E-state index contributed by atoms with van der Waals surface area (Å²) < 4.78 is 12.5. The van der Waals surface area contributed by atoms with Crippen molar-refractivity contribution >= 4 is 11.8 Å². The first-order valence-corrected chi connectivity index (χ1v) is 12.4. The van der Waals surface area contributed by atoms with Gasteiger partial charge in [0, 0.05) is 0 Å². The fourth-order valence-corrected chi connectivity index (χ4v) is 5.75. The zero-order chi connectivity index (χ0) is 22.9. The summed E-state index contributed by atoms with van der Waals surface area (Å²) in [6.45, 7) is 5.08. The molecule has 0 N–H and O–H groups in total. The highest BCUT2D eigenvalue weighted by molar-refractivity contribution is 6.21. The van der Waals surface area contributed by atoms with Crippen molar-refractivity contribution in [2.75, 3.05) is 13.2 Å². The molecule has 5 heteroatoms. The van der Waals surface area contributed by atoms with Gasteiger partial charge in [0.05, 0.1) is 24.3 Å². The number of benzene rings is 2. The van der Waals surface area contributed by atoms with Crippen molar-refractivity contribution in [1.29, 1.82) is 0 Å². The molecule has 2 aliphatic carbocycles. The summed E-state index contributed by atoms with van der Waals surface area (Å²) in [4.78, 5) is 27.1. The first-order chi connectivity index (χ1) is 16.0. The van der Waals surface area contributed by atoms with Gasteiger partial charge in [-0.2, -0.15) is 0 Å². The van der Waals surface area contributed by atoms with Crippen molar-refractivity contribution < 1.29 is 19.1 Å². The minimum absolute atomic E-state index is 0.0836. The monoisotopic (exact) mass is 447 g/mol.